The van der Waals surface area contributed by atoms with Gasteiger partial charge in [-0.15, -0.1) is 0 Å². The van der Waals surface area contributed by atoms with Crippen molar-refractivity contribution in [3.05, 3.63) is 24.3 Å². The van der Waals surface area contributed by atoms with Crippen LogP contribution in [0.5, 0.6) is 5.75 Å². The highest BCUT2D eigenvalue weighted by atomic mass is 32.2. The SMILES string of the molecule is CCCCCCCCCCC(=O)COS(=O)(=O)c1ccc(OCC)cc1. The number of rotatable bonds is 15. The van der Waals surface area contributed by atoms with Crippen LogP contribution in [0, 0.1) is 0 Å². The Bertz CT molecular complexity index is 608. The van der Waals surface area contributed by atoms with Crippen molar-refractivity contribution in [1.29, 1.82) is 0 Å². The van der Waals surface area contributed by atoms with Crippen molar-refractivity contribution >= 4 is 15.9 Å². The molecule has 148 valence electrons. The van der Waals surface area contributed by atoms with E-state index in [1.165, 1.54) is 44.2 Å². The number of Topliss-reactive ketones (excluding diaryl/α,β-unsaturated/α-hetero) is 1. The molecule has 0 aliphatic rings. The second-order valence-corrected chi connectivity index (χ2v) is 8.00. The molecule has 0 spiro atoms. The summed E-state index contributed by atoms with van der Waals surface area (Å²) in [5.41, 5.74) is 0. The standard InChI is InChI=1S/C20H32O5S/c1-3-5-6-7-8-9-10-11-12-18(21)17-25-26(22,23)20-15-13-19(14-16-20)24-4-2/h13-16H,3-12,17H2,1-2H3. The topological polar surface area (TPSA) is 69.7 Å². The second-order valence-electron chi connectivity index (χ2n) is 6.38. The maximum Gasteiger partial charge on any atom is 0.297 e. The Morgan fingerprint density at radius 1 is 0.885 bits per heavy atom. The number of carbonyl (C=O) groups excluding carboxylic acids is 1. The average molecular weight is 385 g/mol. The molecule has 0 fully saturated rings. The number of carbonyl (C=O) groups is 1. The van der Waals surface area contributed by atoms with Crippen LogP contribution in [-0.4, -0.2) is 27.4 Å². The van der Waals surface area contributed by atoms with Crippen LogP contribution in [0.1, 0.15) is 71.6 Å². The molecule has 0 bridgehead atoms. The molecule has 0 aliphatic heterocycles. The first-order chi connectivity index (χ1) is 12.5. The van der Waals surface area contributed by atoms with Gasteiger partial charge in [-0.25, -0.2) is 0 Å². The lowest BCUT2D eigenvalue weighted by Crippen LogP contribution is -2.14. The van der Waals surface area contributed by atoms with Crippen molar-refractivity contribution < 1.29 is 22.1 Å². The molecule has 0 saturated heterocycles. The molecule has 1 aromatic carbocycles. The molecule has 1 rings (SSSR count). The maximum atomic E-state index is 12.1. The molecule has 26 heavy (non-hydrogen) atoms. The van der Waals surface area contributed by atoms with Gasteiger partial charge < -0.3 is 4.74 Å². The summed E-state index contributed by atoms with van der Waals surface area (Å²) >= 11 is 0. The number of ether oxygens (including phenoxy) is 1. The van der Waals surface area contributed by atoms with Gasteiger partial charge in [0.05, 0.1) is 11.5 Å². The molecule has 6 heteroatoms. The summed E-state index contributed by atoms with van der Waals surface area (Å²) < 4.78 is 34.3. The van der Waals surface area contributed by atoms with Crippen molar-refractivity contribution in [2.75, 3.05) is 13.2 Å². The van der Waals surface area contributed by atoms with Gasteiger partial charge in [-0.3, -0.25) is 8.98 Å². The fourth-order valence-corrected chi connectivity index (χ4v) is 3.50. The number of hydrogen-bond acceptors (Lipinski definition) is 5. The Morgan fingerprint density at radius 3 is 2.04 bits per heavy atom. The van der Waals surface area contributed by atoms with E-state index in [-0.39, 0.29) is 10.7 Å². The molecule has 1 aromatic rings. The van der Waals surface area contributed by atoms with Crippen molar-refractivity contribution in [2.24, 2.45) is 0 Å². The first-order valence-corrected chi connectivity index (χ1v) is 11.0. The Kier molecular flexibility index (Phi) is 11.2. The van der Waals surface area contributed by atoms with Gasteiger partial charge in [-0.2, -0.15) is 8.42 Å². The van der Waals surface area contributed by atoms with Crippen LogP contribution in [0.2, 0.25) is 0 Å². The number of benzene rings is 1. The van der Waals surface area contributed by atoms with E-state index in [9.17, 15) is 13.2 Å². The largest absolute Gasteiger partial charge is 0.494 e. The first-order valence-electron chi connectivity index (χ1n) is 9.63. The van der Waals surface area contributed by atoms with Crippen LogP contribution in [0.15, 0.2) is 29.2 Å². The summed E-state index contributed by atoms with van der Waals surface area (Å²) in [4.78, 5) is 11.9. The van der Waals surface area contributed by atoms with Crippen LogP contribution in [-0.2, 0) is 19.1 Å². The van der Waals surface area contributed by atoms with Crippen molar-refractivity contribution in [3.63, 3.8) is 0 Å². The quantitative estimate of drug-likeness (QED) is 0.318. The highest BCUT2D eigenvalue weighted by Crippen LogP contribution is 2.18. The first kappa shape index (κ1) is 22.6. The van der Waals surface area contributed by atoms with E-state index in [1.54, 1.807) is 12.1 Å². The fraction of sp³-hybridized carbons (Fsp3) is 0.650. The van der Waals surface area contributed by atoms with E-state index >= 15 is 0 Å². The zero-order chi connectivity index (χ0) is 19.3. The molecule has 0 heterocycles. The van der Waals surface area contributed by atoms with Gasteiger partial charge in [0.15, 0.2) is 5.78 Å². The van der Waals surface area contributed by atoms with Gasteiger partial charge in [-0.05, 0) is 37.6 Å². The molecule has 0 radical (unpaired) electrons. The van der Waals surface area contributed by atoms with Crippen molar-refractivity contribution in [3.8, 4) is 5.75 Å². The highest BCUT2D eigenvalue weighted by Gasteiger charge is 2.17. The maximum absolute atomic E-state index is 12.1. The summed E-state index contributed by atoms with van der Waals surface area (Å²) in [5, 5.41) is 0. The summed E-state index contributed by atoms with van der Waals surface area (Å²) in [7, 11) is -3.91. The van der Waals surface area contributed by atoms with Crippen LogP contribution in [0.4, 0.5) is 0 Å². The minimum atomic E-state index is -3.91. The zero-order valence-electron chi connectivity index (χ0n) is 16.0. The Morgan fingerprint density at radius 2 is 1.46 bits per heavy atom. The Hall–Kier alpha value is -1.40. The van der Waals surface area contributed by atoms with E-state index in [0.717, 1.165) is 19.3 Å². The lowest BCUT2D eigenvalue weighted by molar-refractivity contribution is -0.121. The molecule has 0 aliphatic carbocycles. The average Bonchev–Trinajstić information content (AvgIpc) is 2.63. The van der Waals surface area contributed by atoms with Gasteiger partial charge in [0, 0.05) is 6.42 Å². The number of hydrogen-bond donors (Lipinski definition) is 0. The molecule has 0 amide bonds. The van der Waals surface area contributed by atoms with Crippen LogP contribution >= 0.6 is 0 Å². The lowest BCUT2D eigenvalue weighted by Gasteiger charge is -2.07. The van der Waals surface area contributed by atoms with Crippen LogP contribution < -0.4 is 4.74 Å². The Balaban J connectivity index is 2.24. The van der Waals surface area contributed by atoms with Gasteiger partial charge in [0.25, 0.3) is 10.1 Å². The lowest BCUT2D eigenvalue weighted by atomic mass is 10.1. The summed E-state index contributed by atoms with van der Waals surface area (Å²) in [5.74, 6) is 0.419. The van der Waals surface area contributed by atoms with E-state index in [4.69, 9.17) is 8.92 Å². The molecule has 0 N–H and O–H groups in total. The molecular formula is C20H32O5S. The number of ketones is 1. The molecule has 0 atom stereocenters. The third kappa shape index (κ3) is 9.34. The smallest absolute Gasteiger partial charge is 0.297 e. The molecule has 0 aromatic heterocycles. The number of unbranched alkanes of at least 4 members (excludes halogenated alkanes) is 7. The van der Waals surface area contributed by atoms with Crippen LogP contribution in [0.25, 0.3) is 0 Å². The minimum Gasteiger partial charge on any atom is -0.494 e. The normalized spacial score (nSPS) is 11.5. The van der Waals surface area contributed by atoms with E-state index in [2.05, 4.69) is 6.92 Å². The molecule has 0 unspecified atom stereocenters. The van der Waals surface area contributed by atoms with E-state index < -0.39 is 16.7 Å². The monoisotopic (exact) mass is 384 g/mol. The fourth-order valence-electron chi connectivity index (χ4n) is 2.61. The second kappa shape index (κ2) is 12.9. The molecule has 0 saturated carbocycles. The third-order valence-electron chi connectivity index (χ3n) is 4.11. The highest BCUT2D eigenvalue weighted by molar-refractivity contribution is 7.86. The zero-order valence-corrected chi connectivity index (χ0v) is 16.9. The van der Waals surface area contributed by atoms with Gasteiger partial charge >= 0.3 is 0 Å². The molecule has 5 nitrogen and oxygen atoms in total. The van der Waals surface area contributed by atoms with Crippen molar-refractivity contribution in [1.82, 2.24) is 0 Å². The van der Waals surface area contributed by atoms with Crippen molar-refractivity contribution in [2.45, 2.75) is 76.5 Å². The van der Waals surface area contributed by atoms with Gasteiger partial charge in [-0.1, -0.05) is 51.9 Å². The van der Waals surface area contributed by atoms with E-state index in [1.807, 2.05) is 6.92 Å². The predicted octanol–water partition coefficient (Wildman–Crippen LogP) is 4.89. The predicted molar refractivity (Wildman–Crippen MR) is 103 cm³/mol. The molecular weight excluding hydrogens is 352 g/mol. The van der Waals surface area contributed by atoms with Crippen LogP contribution in [0.3, 0.4) is 0 Å². The summed E-state index contributed by atoms with van der Waals surface area (Å²) in [6.45, 7) is 4.16. The summed E-state index contributed by atoms with van der Waals surface area (Å²) in [6.07, 6.45) is 9.57. The van der Waals surface area contributed by atoms with Gasteiger partial charge in [0.2, 0.25) is 0 Å². The van der Waals surface area contributed by atoms with E-state index in [0.29, 0.717) is 18.8 Å². The third-order valence-corrected chi connectivity index (χ3v) is 5.39. The van der Waals surface area contributed by atoms with Gasteiger partial charge in [0.1, 0.15) is 12.4 Å². The summed E-state index contributed by atoms with van der Waals surface area (Å²) in [6, 6.07) is 5.98. The minimum absolute atomic E-state index is 0.0285. The Labute approximate surface area is 158 Å².